The molecule has 0 aliphatic rings. The molecule has 0 unspecified atom stereocenters. The highest BCUT2D eigenvalue weighted by molar-refractivity contribution is 5.37. The summed E-state index contributed by atoms with van der Waals surface area (Å²) in [6.45, 7) is 7.57. The largest absolute Gasteiger partial charge is 0.360 e. The van der Waals surface area contributed by atoms with Gasteiger partial charge in [0, 0.05) is 19.3 Å². The summed E-state index contributed by atoms with van der Waals surface area (Å²) in [5.74, 6) is 1.75. The maximum absolute atomic E-state index is 4.61. The smallest absolute Gasteiger partial charge is 0.128 e. The average Bonchev–Trinajstić information content (AvgIpc) is 2.16. The third kappa shape index (κ3) is 3.02. The number of nitrogens with zero attached hydrogens (tertiary/aromatic N) is 2. The van der Waals surface area contributed by atoms with E-state index in [2.05, 4.69) is 55.9 Å². The van der Waals surface area contributed by atoms with Crippen molar-refractivity contribution in [2.24, 2.45) is 5.92 Å². The lowest BCUT2D eigenvalue weighted by molar-refractivity contribution is 0.635. The van der Waals surface area contributed by atoms with Gasteiger partial charge >= 0.3 is 0 Å². The Morgan fingerprint density at radius 3 is 2.64 bits per heavy atom. The summed E-state index contributed by atoms with van der Waals surface area (Å²) >= 11 is 0. The minimum atomic E-state index is 0.671. The summed E-state index contributed by atoms with van der Waals surface area (Å²) in [6.07, 6.45) is 1.06. The molecule has 0 fully saturated rings. The summed E-state index contributed by atoms with van der Waals surface area (Å²) in [4.78, 5) is 6.77. The maximum Gasteiger partial charge on any atom is 0.128 e. The molecule has 0 aromatic carbocycles. The first kappa shape index (κ1) is 11.0. The zero-order chi connectivity index (χ0) is 10.6. The van der Waals surface area contributed by atoms with Crippen LogP contribution in [0.5, 0.6) is 0 Å². The zero-order valence-corrected chi connectivity index (χ0v) is 9.62. The Balaban J connectivity index is 2.78. The molecule has 1 aromatic heterocycles. The van der Waals surface area contributed by atoms with Gasteiger partial charge < -0.3 is 4.90 Å². The molecule has 0 N–H and O–H groups in total. The van der Waals surface area contributed by atoms with Crippen molar-refractivity contribution in [2.45, 2.75) is 27.2 Å². The standard InChI is InChI=1S/C12H20N2/c1-5-14(4)12-8-6-7-11(13-12)9-10(2)3/h6-8,10H,5,9H2,1-4H3. The second-order valence-corrected chi connectivity index (χ2v) is 4.10. The van der Waals surface area contributed by atoms with Gasteiger partial charge in [-0.3, -0.25) is 0 Å². The number of hydrogen-bond donors (Lipinski definition) is 0. The Hall–Kier alpha value is -1.05. The van der Waals surface area contributed by atoms with Crippen molar-refractivity contribution >= 4 is 5.82 Å². The lowest BCUT2D eigenvalue weighted by Gasteiger charge is -2.16. The van der Waals surface area contributed by atoms with Crippen LogP contribution in [0.25, 0.3) is 0 Å². The van der Waals surface area contributed by atoms with Crippen molar-refractivity contribution < 1.29 is 0 Å². The van der Waals surface area contributed by atoms with E-state index in [0.717, 1.165) is 18.8 Å². The Kier molecular flexibility index (Phi) is 3.93. The lowest BCUT2D eigenvalue weighted by atomic mass is 10.1. The summed E-state index contributed by atoms with van der Waals surface area (Å²) in [7, 11) is 2.07. The van der Waals surface area contributed by atoms with E-state index in [1.165, 1.54) is 5.69 Å². The summed E-state index contributed by atoms with van der Waals surface area (Å²) in [5, 5.41) is 0. The van der Waals surface area contributed by atoms with E-state index in [1.54, 1.807) is 0 Å². The minimum absolute atomic E-state index is 0.671. The molecule has 1 heterocycles. The van der Waals surface area contributed by atoms with Crippen LogP contribution >= 0.6 is 0 Å². The van der Waals surface area contributed by atoms with Gasteiger partial charge in [-0.25, -0.2) is 4.98 Å². The highest BCUT2D eigenvalue weighted by Gasteiger charge is 2.02. The predicted octanol–water partition coefficient (Wildman–Crippen LogP) is 2.74. The molecule has 1 aromatic rings. The summed E-state index contributed by atoms with van der Waals surface area (Å²) in [6, 6.07) is 6.26. The average molecular weight is 192 g/mol. The van der Waals surface area contributed by atoms with Gasteiger partial charge in [-0.05, 0) is 31.4 Å². The van der Waals surface area contributed by atoms with Crippen LogP contribution in [0.1, 0.15) is 26.5 Å². The van der Waals surface area contributed by atoms with E-state index in [9.17, 15) is 0 Å². The lowest BCUT2D eigenvalue weighted by Crippen LogP contribution is -2.17. The Morgan fingerprint density at radius 2 is 2.07 bits per heavy atom. The first-order chi connectivity index (χ1) is 6.63. The van der Waals surface area contributed by atoms with Crippen LogP contribution in [0, 0.1) is 5.92 Å². The fraction of sp³-hybridized carbons (Fsp3) is 0.583. The van der Waals surface area contributed by atoms with E-state index in [4.69, 9.17) is 0 Å². The molecular weight excluding hydrogens is 172 g/mol. The molecule has 0 atom stereocenters. The minimum Gasteiger partial charge on any atom is -0.360 e. The topological polar surface area (TPSA) is 16.1 Å². The predicted molar refractivity (Wildman–Crippen MR) is 61.7 cm³/mol. The van der Waals surface area contributed by atoms with Crippen LogP contribution < -0.4 is 4.90 Å². The number of rotatable bonds is 4. The van der Waals surface area contributed by atoms with Gasteiger partial charge in [0.05, 0.1) is 0 Å². The first-order valence-electron chi connectivity index (χ1n) is 5.30. The van der Waals surface area contributed by atoms with Crippen LogP contribution in [-0.2, 0) is 6.42 Å². The molecule has 0 radical (unpaired) electrons. The molecule has 0 aliphatic heterocycles. The van der Waals surface area contributed by atoms with Crippen molar-refractivity contribution in [1.82, 2.24) is 4.98 Å². The monoisotopic (exact) mass is 192 g/mol. The first-order valence-corrected chi connectivity index (χ1v) is 5.30. The van der Waals surface area contributed by atoms with Crippen molar-refractivity contribution in [3.63, 3.8) is 0 Å². The Morgan fingerprint density at radius 1 is 1.36 bits per heavy atom. The Bertz CT molecular complexity index is 281. The Labute approximate surface area is 87.0 Å². The molecule has 0 spiro atoms. The molecule has 2 heteroatoms. The van der Waals surface area contributed by atoms with Crippen LogP contribution in [0.3, 0.4) is 0 Å². The highest BCUT2D eigenvalue weighted by Crippen LogP contribution is 2.12. The zero-order valence-electron chi connectivity index (χ0n) is 9.62. The van der Waals surface area contributed by atoms with Gasteiger partial charge in [0.25, 0.3) is 0 Å². The molecular formula is C12H20N2. The van der Waals surface area contributed by atoms with Crippen molar-refractivity contribution in [3.05, 3.63) is 23.9 Å². The van der Waals surface area contributed by atoms with E-state index < -0.39 is 0 Å². The van der Waals surface area contributed by atoms with Gasteiger partial charge in [-0.2, -0.15) is 0 Å². The molecule has 0 saturated heterocycles. The van der Waals surface area contributed by atoms with Gasteiger partial charge in [0.15, 0.2) is 0 Å². The molecule has 0 amide bonds. The van der Waals surface area contributed by atoms with E-state index in [0.29, 0.717) is 5.92 Å². The fourth-order valence-corrected chi connectivity index (χ4v) is 1.37. The van der Waals surface area contributed by atoms with E-state index >= 15 is 0 Å². The number of hydrogen-bond acceptors (Lipinski definition) is 2. The van der Waals surface area contributed by atoms with Crippen molar-refractivity contribution in [3.8, 4) is 0 Å². The summed E-state index contributed by atoms with van der Waals surface area (Å²) in [5.41, 5.74) is 1.19. The molecule has 0 bridgehead atoms. The second kappa shape index (κ2) is 4.99. The van der Waals surface area contributed by atoms with Gasteiger partial charge in [-0.1, -0.05) is 19.9 Å². The number of anilines is 1. The molecule has 14 heavy (non-hydrogen) atoms. The van der Waals surface area contributed by atoms with Gasteiger partial charge in [-0.15, -0.1) is 0 Å². The molecule has 1 rings (SSSR count). The maximum atomic E-state index is 4.61. The van der Waals surface area contributed by atoms with Gasteiger partial charge in [0.1, 0.15) is 5.82 Å². The van der Waals surface area contributed by atoms with Crippen molar-refractivity contribution in [1.29, 1.82) is 0 Å². The van der Waals surface area contributed by atoms with Gasteiger partial charge in [0.2, 0.25) is 0 Å². The van der Waals surface area contributed by atoms with E-state index in [-0.39, 0.29) is 0 Å². The van der Waals surface area contributed by atoms with Crippen LogP contribution in [0.4, 0.5) is 5.82 Å². The SMILES string of the molecule is CCN(C)c1cccc(CC(C)C)n1. The van der Waals surface area contributed by atoms with Crippen LogP contribution in [-0.4, -0.2) is 18.6 Å². The summed E-state index contributed by atoms with van der Waals surface area (Å²) < 4.78 is 0. The molecule has 78 valence electrons. The fourth-order valence-electron chi connectivity index (χ4n) is 1.37. The van der Waals surface area contributed by atoms with E-state index in [1.807, 2.05) is 0 Å². The highest BCUT2D eigenvalue weighted by atomic mass is 15.2. The molecule has 0 saturated carbocycles. The quantitative estimate of drug-likeness (QED) is 0.729. The second-order valence-electron chi connectivity index (χ2n) is 4.10. The normalized spacial score (nSPS) is 10.6. The third-order valence-electron chi connectivity index (χ3n) is 2.27. The van der Waals surface area contributed by atoms with Crippen LogP contribution in [0.15, 0.2) is 18.2 Å². The van der Waals surface area contributed by atoms with Crippen LogP contribution in [0.2, 0.25) is 0 Å². The molecule has 2 nitrogen and oxygen atoms in total. The third-order valence-corrected chi connectivity index (χ3v) is 2.27. The van der Waals surface area contributed by atoms with Crippen molar-refractivity contribution in [2.75, 3.05) is 18.5 Å². The molecule has 0 aliphatic carbocycles. The number of pyridine rings is 1. The number of aromatic nitrogens is 1.